The quantitative estimate of drug-likeness (QED) is 0.682. The van der Waals surface area contributed by atoms with Crippen LogP contribution in [0.2, 0.25) is 0 Å². The number of hydrogen-bond acceptors (Lipinski definition) is 4. The van der Waals surface area contributed by atoms with Crippen molar-refractivity contribution in [3.63, 3.8) is 0 Å². The molecule has 0 saturated carbocycles. The molecule has 0 amide bonds. The third kappa shape index (κ3) is 3.04. The van der Waals surface area contributed by atoms with Gasteiger partial charge in [-0.1, -0.05) is 24.1 Å². The molecule has 1 aromatic heterocycles. The third-order valence-corrected chi connectivity index (χ3v) is 3.37. The molecule has 0 radical (unpaired) electrons. The molecule has 0 bridgehead atoms. The van der Waals surface area contributed by atoms with Crippen LogP contribution in [0.25, 0.3) is 10.8 Å². The summed E-state index contributed by atoms with van der Waals surface area (Å²) < 4.78 is 15.7. The van der Waals surface area contributed by atoms with Gasteiger partial charge in [-0.3, -0.25) is 0 Å². The maximum Gasteiger partial charge on any atom is 0.344 e. The zero-order valence-corrected chi connectivity index (χ0v) is 12.8. The summed E-state index contributed by atoms with van der Waals surface area (Å²) in [4.78, 5) is 12.1. The Hall–Kier alpha value is -3.19. The van der Waals surface area contributed by atoms with Crippen LogP contribution in [0.4, 0.5) is 0 Å². The molecular weight excluding hydrogens is 292 g/mol. The molecule has 0 aliphatic rings. The minimum absolute atomic E-state index is 0.304. The van der Waals surface area contributed by atoms with Crippen LogP contribution in [0.1, 0.15) is 11.3 Å². The topological polar surface area (TPSA) is 48.7 Å². The number of rotatable bonds is 2. The first kappa shape index (κ1) is 14.7. The first-order chi connectivity index (χ1) is 11.2. The molecule has 114 valence electrons. The Morgan fingerprint density at radius 1 is 0.913 bits per heavy atom. The first-order valence-corrected chi connectivity index (χ1v) is 6.98. The van der Waals surface area contributed by atoms with Gasteiger partial charge in [0.05, 0.1) is 19.6 Å². The fourth-order valence-electron chi connectivity index (χ4n) is 2.23. The highest BCUT2D eigenvalue weighted by Crippen LogP contribution is 2.31. The van der Waals surface area contributed by atoms with Crippen molar-refractivity contribution in [3.8, 4) is 23.3 Å². The van der Waals surface area contributed by atoms with E-state index in [9.17, 15) is 4.79 Å². The van der Waals surface area contributed by atoms with Gasteiger partial charge in [0.15, 0.2) is 17.3 Å². The van der Waals surface area contributed by atoms with Gasteiger partial charge in [0.2, 0.25) is 0 Å². The molecule has 23 heavy (non-hydrogen) atoms. The van der Waals surface area contributed by atoms with E-state index in [0.29, 0.717) is 28.0 Å². The van der Waals surface area contributed by atoms with Crippen LogP contribution in [-0.2, 0) is 0 Å². The van der Waals surface area contributed by atoms with Gasteiger partial charge in [-0.15, -0.1) is 0 Å². The largest absolute Gasteiger partial charge is 0.493 e. The maximum atomic E-state index is 12.1. The Bertz CT molecular complexity index is 960. The summed E-state index contributed by atoms with van der Waals surface area (Å²) in [6.45, 7) is 0. The molecule has 4 heteroatoms. The van der Waals surface area contributed by atoms with Crippen molar-refractivity contribution < 1.29 is 13.9 Å². The number of benzene rings is 2. The second kappa shape index (κ2) is 6.29. The molecule has 0 spiro atoms. The summed E-state index contributed by atoms with van der Waals surface area (Å²) >= 11 is 0. The maximum absolute atomic E-state index is 12.1. The first-order valence-electron chi connectivity index (χ1n) is 6.98. The van der Waals surface area contributed by atoms with Crippen LogP contribution < -0.4 is 15.1 Å². The van der Waals surface area contributed by atoms with Crippen molar-refractivity contribution in [2.24, 2.45) is 0 Å². The molecule has 3 rings (SSSR count). The standard InChI is InChI=1S/C19H14O4/c1-21-17-11-14-10-15(9-8-13-6-4-3-5-7-13)23-19(20)16(14)12-18(17)22-2/h3-7,10-12H,1-2H3. The number of fused-ring (bicyclic) bond motifs is 1. The Labute approximate surface area is 133 Å². The van der Waals surface area contributed by atoms with Crippen LogP contribution in [0.15, 0.2) is 57.7 Å². The monoisotopic (exact) mass is 306 g/mol. The molecule has 0 unspecified atom stereocenters. The third-order valence-electron chi connectivity index (χ3n) is 3.37. The fraction of sp³-hybridized carbons (Fsp3) is 0.105. The Balaban J connectivity index is 2.11. The van der Waals surface area contributed by atoms with Crippen LogP contribution in [0.5, 0.6) is 11.5 Å². The van der Waals surface area contributed by atoms with Crippen molar-refractivity contribution >= 4 is 10.8 Å². The van der Waals surface area contributed by atoms with Gasteiger partial charge >= 0.3 is 5.63 Å². The number of hydrogen-bond donors (Lipinski definition) is 0. The van der Waals surface area contributed by atoms with Crippen molar-refractivity contribution in [3.05, 3.63) is 70.3 Å². The van der Waals surface area contributed by atoms with Crippen molar-refractivity contribution in [1.29, 1.82) is 0 Å². The van der Waals surface area contributed by atoms with Gasteiger partial charge in [-0.2, -0.15) is 0 Å². The average Bonchev–Trinajstić information content (AvgIpc) is 2.59. The smallest absolute Gasteiger partial charge is 0.344 e. The van der Waals surface area contributed by atoms with Gasteiger partial charge in [0.1, 0.15) is 0 Å². The second-order valence-electron chi connectivity index (χ2n) is 4.81. The summed E-state index contributed by atoms with van der Waals surface area (Å²) in [6.07, 6.45) is 0. The fourth-order valence-corrected chi connectivity index (χ4v) is 2.23. The molecule has 0 aliphatic heterocycles. The van der Waals surface area contributed by atoms with Crippen LogP contribution in [0.3, 0.4) is 0 Å². The normalized spacial score (nSPS) is 10.0. The van der Waals surface area contributed by atoms with Crippen molar-refractivity contribution in [2.75, 3.05) is 14.2 Å². The SMILES string of the molecule is COc1cc2cc(C#Cc3ccccc3)oc(=O)c2cc1OC. The second-order valence-corrected chi connectivity index (χ2v) is 4.81. The van der Waals surface area contributed by atoms with E-state index in [2.05, 4.69) is 11.8 Å². The lowest BCUT2D eigenvalue weighted by atomic mass is 10.1. The number of methoxy groups -OCH3 is 2. The molecule has 0 saturated heterocycles. The van der Waals surface area contributed by atoms with Crippen LogP contribution >= 0.6 is 0 Å². The molecule has 4 nitrogen and oxygen atoms in total. The van der Waals surface area contributed by atoms with Gasteiger partial charge < -0.3 is 13.9 Å². The van der Waals surface area contributed by atoms with Gasteiger partial charge in [0.25, 0.3) is 0 Å². The molecule has 1 heterocycles. The summed E-state index contributed by atoms with van der Waals surface area (Å²) in [6, 6.07) is 14.6. The minimum atomic E-state index is -0.458. The number of ether oxygens (including phenoxy) is 2. The predicted molar refractivity (Wildman–Crippen MR) is 88.0 cm³/mol. The summed E-state index contributed by atoms with van der Waals surface area (Å²) in [5.74, 6) is 7.17. The Morgan fingerprint density at radius 3 is 2.30 bits per heavy atom. The zero-order chi connectivity index (χ0) is 16.2. The van der Waals surface area contributed by atoms with Crippen molar-refractivity contribution in [2.45, 2.75) is 0 Å². The summed E-state index contributed by atoms with van der Waals surface area (Å²) in [5, 5.41) is 1.11. The molecule has 2 aromatic carbocycles. The predicted octanol–water partition coefficient (Wildman–Crippen LogP) is 3.21. The van der Waals surface area contributed by atoms with E-state index in [0.717, 1.165) is 5.56 Å². The van der Waals surface area contributed by atoms with E-state index < -0.39 is 5.63 Å². The molecular formula is C19H14O4. The highest BCUT2D eigenvalue weighted by Gasteiger charge is 2.10. The molecule has 0 N–H and O–H groups in total. The lowest BCUT2D eigenvalue weighted by Crippen LogP contribution is -2.02. The van der Waals surface area contributed by atoms with E-state index >= 15 is 0 Å². The van der Waals surface area contributed by atoms with E-state index in [1.54, 1.807) is 25.3 Å². The minimum Gasteiger partial charge on any atom is -0.493 e. The van der Waals surface area contributed by atoms with Gasteiger partial charge in [0, 0.05) is 5.56 Å². The van der Waals surface area contributed by atoms with E-state index in [4.69, 9.17) is 13.9 Å². The van der Waals surface area contributed by atoms with Gasteiger partial charge in [-0.05, 0) is 41.6 Å². The van der Waals surface area contributed by atoms with E-state index in [-0.39, 0.29) is 0 Å². The molecule has 0 fully saturated rings. The summed E-state index contributed by atoms with van der Waals surface area (Å²) in [7, 11) is 3.07. The van der Waals surface area contributed by atoms with E-state index in [1.807, 2.05) is 30.3 Å². The molecule has 3 aromatic rings. The lowest BCUT2D eigenvalue weighted by molar-refractivity contribution is 0.355. The van der Waals surface area contributed by atoms with E-state index in [1.165, 1.54) is 7.11 Å². The highest BCUT2D eigenvalue weighted by atomic mass is 16.5. The zero-order valence-electron chi connectivity index (χ0n) is 12.8. The summed E-state index contributed by atoms with van der Waals surface area (Å²) in [5.41, 5.74) is 0.392. The van der Waals surface area contributed by atoms with Gasteiger partial charge in [-0.25, -0.2) is 4.79 Å². The van der Waals surface area contributed by atoms with Crippen LogP contribution in [0, 0.1) is 11.8 Å². The highest BCUT2D eigenvalue weighted by molar-refractivity contribution is 5.85. The van der Waals surface area contributed by atoms with Crippen molar-refractivity contribution in [1.82, 2.24) is 0 Å². The van der Waals surface area contributed by atoms with Crippen LogP contribution in [-0.4, -0.2) is 14.2 Å². The molecule has 0 atom stereocenters. The Kier molecular flexibility index (Phi) is 4.03. The molecule has 0 aliphatic carbocycles. The average molecular weight is 306 g/mol. The Morgan fingerprint density at radius 2 is 1.61 bits per heavy atom. The lowest BCUT2D eigenvalue weighted by Gasteiger charge is -2.08.